The van der Waals surface area contributed by atoms with Crippen LogP contribution in [-0.2, 0) is 14.8 Å². The smallest absolute Gasteiger partial charge is 0.410 e. The van der Waals surface area contributed by atoms with Gasteiger partial charge in [0.1, 0.15) is 15.6 Å². The molecule has 1 saturated heterocycles. The highest BCUT2D eigenvalue weighted by atomic mass is 35.5. The van der Waals surface area contributed by atoms with Crippen LogP contribution in [0.5, 0.6) is 5.75 Å². The lowest BCUT2D eigenvalue weighted by atomic mass is 10.2. The molecular weight excluding hydrogens is 584 g/mol. The number of fused-ring (bicyclic) bond motifs is 1. The molecule has 3 aromatic rings. The first-order chi connectivity index (χ1) is 19.4. The van der Waals surface area contributed by atoms with Gasteiger partial charge in [0.15, 0.2) is 0 Å². The molecule has 2 aromatic carbocycles. The lowest BCUT2D eigenvalue weighted by Gasteiger charge is -2.37. The van der Waals surface area contributed by atoms with E-state index < -0.39 is 15.6 Å². The highest BCUT2D eigenvalue weighted by Crippen LogP contribution is 2.40. The first-order valence-electron chi connectivity index (χ1n) is 13.7. The number of anilines is 2. The van der Waals surface area contributed by atoms with Crippen molar-refractivity contribution in [2.75, 3.05) is 55.6 Å². The van der Waals surface area contributed by atoms with E-state index in [9.17, 15) is 13.2 Å². The SMILES string of the molecule is COc1ccc(N(CCCCN)S(=O)(=O)c2sc3ccc(Cl)cc3c2C)cc1N1CCN(C(=O)OC(C)(C)C)CC1. The maximum Gasteiger partial charge on any atom is 0.410 e. The molecule has 0 spiro atoms. The molecule has 1 fully saturated rings. The van der Waals surface area contributed by atoms with Gasteiger partial charge in [0, 0.05) is 42.4 Å². The molecule has 0 aliphatic carbocycles. The summed E-state index contributed by atoms with van der Waals surface area (Å²) in [4.78, 5) is 16.4. The van der Waals surface area contributed by atoms with Crippen LogP contribution in [0.4, 0.5) is 16.2 Å². The fourth-order valence-electron chi connectivity index (χ4n) is 4.84. The van der Waals surface area contributed by atoms with Crippen molar-refractivity contribution >= 4 is 60.5 Å². The minimum Gasteiger partial charge on any atom is -0.495 e. The molecule has 0 atom stereocenters. The topological polar surface area (TPSA) is 105 Å². The monoisotopic (exact) mass is 622 g/mol. The van der Waals surface area contributed by atoms with E-state index in [1.165, 1.54) is 15.6 Å². The maximum atomic E-state index is 14.2. The zero-order valence-electron chi connectivity index (χ0n) is 24.3. The van der Waals surface area contributed by atoms with E-state index in [1.54, 1.807) is 30.2 Å². The highest BCUT2D eigenvalue weighted by Gasteiger charge is 2.31. The molecule has 12 heteroatoms. The molecule has 2 N–H and O–H groups in total. The molecule has 1 aromatic heterocycles. The van der Waals surface area contributed by atoms with Crippen LogP contribution in [0.25, 0.3) is 10.1 Å². The first kappa shape index (κ1) is 31.2. The summed E-state index contributed by atoms with van der Waals surface area (Å²) in [6.45, 7) is 10.2. The molecule has 0 bridgehead atoms. The zero-order chi connectivity index (χ0) is 29.9. The Balaban J connectivity index is 1.67. The van der Waals surface area contributed by atoms with Crippen molar-refractivity contribution < 1.29 is 22.7 Å². The van der Waals surface area contributed by atoms with E-state index in [4.69, 9.17) is 26.8 Å². The number of methoxy groups -OCH3 is 1. The van der Waals surface area contributed by atoms with Crippen LogP contribution in [0.15, 0.2) is 40.6 Å². The number of hydrogen-bond acceptors (Lipinski definition) is 8. The van der Waals surface area contributed by atoms with Gasteiger partial charge in [-0.1, -0.05) is 11.6 Å². The van der Waals surface area contributed by atoms with Crippen molar-refractivity contribution in [3.05, 3.63) is 47.0 Å². The van der Waals surface area contributed by atoms with E-state index in [-0.39, 0.29) is 12.6 Å². The van der Waals surface area contributed by atoms with Gasteiger partial charge in [0.25, 0.3) is 10.0 Å². The van der Waals surface area contributed by atoms with Gasteiger partial charge < -0.3 is 25.0 Å². The number of unbranched alkanes of at least 4 members (excludes halogenated alkanes) is 1. The number of amides is 1. The number of carbonyl (C=O) groups excluding carboxylic acids is 1. The molecule has 224 valence electrons. The summed E-state index contributed by atoms with van der Waals surface area (Å²) >= 11 is 7.47. The number of piperazine rings is 1. The Bertz CT molecular complexity index is 1490. The molecule has 0 radical (unpaired) electrons. The van der Waals surface area contributed by atoms with Crippen LogP contribution < -0.4 is 19.7 Å². The van der Waals surface area contributed by atoms with E-state index in [0.717, 1.165) is 15.8 Å². The quantitative estimate of drug-likeness (QED) is 0.298. The first-order valence-corrected chi connectivity index (χ1v) is 16.3. The normalized spacial score (nSPS) is 14.4. The van der Waals surface area contributed by atoms with Crippen molar-refractivity contribution in [3.8, 4) is 5.75 Å². The van der Waals surface area contributed by atoms with Crippen molar-refractivity contribution in [2.24, 2.45) is 5.73 Å². The van der Waals surface area contributed by atoms with E-state index >= 15 is 0 Å². The van der Waals surface area contributed by atoms with E-state index in [0.29, 0.717) is 71.8 Å². The van der Waals surface area contributed by atoms with Gasteiger partial charge in [-0.25, -0.2) is 13.2 Å². The molecule has 9 nitrogen and oxygen atoms in total. The average Bonchev–Trinajstić information content (AvgIpc) is 3.26. The summed E-state index contributed by atoms with van der Waals surface area (Å²) in [5.74, 6) is 0.631. The Labute approximate surface area is 251 Å². The number of ether oxygens (including phenoxy) is 2. The number of nitrogens with two attached hydrogens (primary N) is 1. The summed E-state index contributed by atoms with van der Waals surface area (Å²) in [5, 5.41) is 1.40. The number of rotatable bonds is 9. The standard InChI is InChI=1S/C29H39ClN4O5S2/c1-20-23-18-21(30)8-11-26(23)40-27(20)41(36,37)34(13-7-6-12-31)22-9-10-25(38-5)24(19-22)32-14-16-33(17-15-32)28(35)39-29(2,3)4/h8-11,18-19H,6-7,12-17,31H2,1-5H3. The van der Waals surface area contributed by atoms with Gasteiger partial charge in [-0.2, -0.15) is 0 Å². The largest absolute Gasteiger partial charge is 0.495 e. The number of sulfonamides is 1. The second-order valence-corrected chi connectivity index (χ2v) is 14.6. The van der Waals surface area contributed by atoms with Gasteiger partial charge in [0.05, 0.1) is 18.5 Å². The molecule has 1 amide bonds. The summed E-state index contributed by atoms with van der Waals surface area (Å²) in [6, 6.07) is 10.9. The van der Waals surface area contributed by atoms with Crippen LogP contribution in [0, 0.1) is 6.92 Å². The third kappa shape index (κ3) is 7.02. The average molecular weight is 623 g/mol. The number of aryl methyl sites for hydroxylation is 1. The molecule has 1 aliphatic heterocycles. The van der Waals surface area contributed by atoms with Crippen molar-refractivity contribution in [1.82, 2.24) is 4.90 Å². The Hall–Kier alpha value is -2.73. The zero-order valence-corrected chi connectivity index (χ0v) is 26.7. The third-order valence-electron chi connectivity index (χ3n) is 6.92. The number of carbonyl (C=O) groups is 1. The summed E-state index contributed by atoms with van der Waals surface area (Å²) < 4.78 is 42.3. The van der Waals surface area contributed by atoms with Gasteiger partial charge in [-0.15, -0.1) is 11.3 Å². The van der Waals surface area contributed by atoms with Gasteiger partial charge >= 0.3 is 6.09 Å². The van der Waals surface area contributed by atoms with E-state index in [2.05, 4.69) is 4.90 Å². The highest BCUT2D eigenvalue weighted by molar-refractivity contribution is 7.95. The fraction of sp³-hybridized carbons (Fsp3) is 0.483. The predicted octanol–water partition coefficient (Wildman–Crippen LogP) is 5.86. The fourth-order valence-corrected chi connectivity index (χ4v) is 8.35. The molecule has 1 aliphatic rings. The van der Waals surface area contributed by atoms with Gasteiger partial charge in [-0.3, -0.25) is 4.31 Å². The molecule has 0 unspecified atom stereocenters. The Kier molecular flexibility index (Phi) is 9.63. The molecule has 41 heavy (non-hydrogen) atoms. The number of benzene rings is 2. The second-order valence-electron chi connectivity index (χ2n) is 11.0. The second kappa shape index (κ2) is 12.6. The molecular formula is C29H39ClN4O5S2. The van der Waals surface area contributed by atoms with Crippen LogP contribution in [0.1, 0.15) is 39.2 Å². The lowest BCUT2D eigenvalue weighted by molar-refractivity contribution is 0.0240. The van der Waals surface area contributed by atoms with Crippen LogP contribution >= 0.6 is 22.9 Å². The minimum atomic E-state index is -3.91. The van der Waals surface area contributed by atoms with Gasteiger partial charge in [-0.05, 0) is 94.4 Å². The Morgan fingerprint density at radius 1 is 1.10 bits per heavy atom. The number of thiophene rings is 1. The van der Waals surface area contributed by atoms with Crippen molar-refractivity contribution in [2.45, 2.75) is 50.3 Å². The van der Waals surface area contributed by atoms with E-state index in [1.807, 2.05) is 45.9 Å². The van der Waals surface area contributed by atoms with Gasteiger partial charge in [0.2, 0.25) is 0 Å². The van der Waals surface area contributed by atoms with Crippen LogP contribution in [0.2, 0.25) is 5.02 Å². The lowest BCUT2D eigenvalue weighted by Crippen LogP contribution is -2.50. The number of hydrogen-bond donors (Lipinski definition) is 1. The van der Waals surface area contributed by atoms with Crippen molar-refractivity contribution in [1.29, 1.82) is 0 Å². The summed E-state index contributed by atoms with van der Waals surface area (Å²) in [5.41, 5.74) is 7.18. The maximum absolute atomic E-state index is 14.2. The van der Waals surface area contributed by atoms with Crippen LogP contribution in [-0.4, -0.2) is 71.4 Å². The minimum absolute atomic E-state index is 0.284. The Morgan fingerprint density at radius 3 is 2.44 bits per heavy atom. The third-order valence-corrected chi connectivity index (χ3v) is 10.8. The molecule has 0 saturated carbocycles. The number of halogens is 1. The van der Waals surface area contributed by atoms with Crippen LogP contribution in [0.3, 0.4) is 0 Å². The summed E-state index contributed by atoms with van der Waals surface area (Å²) in [7, 11) is -2.31. The number of nitrogens with zero attached hydrogens (tertiary/aromatic N) is 3. The summed E-state index contributed by atoms with van der Waals surface area (Å²) in [6.07, 6.45) is 0.972. The Morgan fingerprint density at radius 2 is 1.80 bits per heavy atom. The molecule has 2 heterocycles. The van der Waals surface area contributed by atoms with Crippen molar-refractivity contribution in [3.63, 3.8) is 0 Å². The molecule has 4 rings (SSSR count). The predicted molar refractivity (Wildman–Crippen MR) is 167 cm³/mol.